The van der Waals surface area contributed by atoms with Crippen molar-refractivity contribution in [2.45, 2.75) is 6.92 Å². The summed E-state index contributed by atoms with van der Waals surface area (Å²) in [5.74, 6) is 0.387. The zero-order chi connectivity index (χ0) is 15.0. The predicted molar refractivity (Wildman–Crippen MR) is 86.4 cm³/mol. The first-order valence-electron chi connectivity index (χ1n) is 6.29. The predicted octanol–water partition coefficient (Wildman–Crippen LogP) is 4.34. The van der Waals surface area contributed by atoms with E-state index in [4.69, 9.17) is 28.9 Å². The molecule has 2 aromatic heterocycles. The number of H-pyrrole nitrogens is 1. The van der Waals surface area contributed by atoms with Crippen LogP contribution in [0, 0.1) is 6.92 Å². The average Bonchev–Trinajstić information content (AvgIpc) is 2.81. The average molecular weight is 319 g/mol. The van der Waals surface area contributed by atoms with E-state index in [0.717, 1.165) is 28.1 Å². The molecule has 3 rings (SSSR count). The second-order valence-electron chi connectivity index (χ2n) is 4.62. The topological polar surface area (TPSA) is 67.6 Å². The molecule has 0 spiro atoms. The van der Waals surface area contributed by atoms with Gasteiger partial charge in [-0.2, -0.15) is 5.10 Å². The van der Waals surface area contributed by atoms with Gasteiger partial charge in [-0.15, -0.1) is 0 Å². The highest BCUT2D eigenvalue weighted by Gasteiger charge is 2.18. The Morgan fingerprint density at radius 3 is 2.67 bits per heavy atom. The van der Waals surface area contributed by atoms with E-state index in [9.17, 15) is 0 Å². The van der Waals surface area contributed by atoms with E-state index in [1.807, 2.05) is 25.1 Å². The third-order valence-corrected chi connectivity index (χ3v) is 3.82. The molecular weight excluding hydrogens is 307 g/mol. The number of nitrogen functional groups attached to an aromatic ring is 1. The number of nitrogens with zero attached hydrogens (tertiary/aromatic N) is 2. The summed E-state index contributed by atoms with van der Waals surface area (Å²) in [7, 11) is 0. The van der Waals surface area contributed by atoms with Crippen LogP contribution in [0.2, 0.25) is 10.0 Å². The van der Waals surface area contributed by atoms with Crippen molar-refractivity contribution in [3.8, 4) is 22.4 Å². The molecule has 0 radical (unpaired) electrons. The van der Waals surface area contributed by atoms with Crippen molar-refractivity contribution >= 4 is 29.0 Å². The van der Waals surface area contributed by atoms with Crippen LogP contribution in [0.4, 0.5) is 5.82 Å². The minimum atomic E-state index is 0.387. The molecule has 6 heteroatoms. The number of aryl methyl sites for hydroxylation is 1. The lowest BCUT2D eigenvalue weighted by molar-refractivity contribution is 1.09. The Labute approximate surface area is 131 Å². The summed E-state index contributed by atoms with van der Waals surface area (Å²) < 4.78 is 0. The quantitative estimate of drug-likeness (QED) is 0.738. The molecule has 0 unspecified atom stereocenters. The van der Waals surface area contributed by atoms with Gasteiger partial charge in [0.25, 0.3) is 0 Å². The maximum Gasteiger partial charge on any atom is 0.153 e. The monoisotopic (exact) mass is 318 g/mol. The maximum absolute atomic E-state index is 6.29. The normalized spacial score (nSPS) is 10.8. The second kappa shape index (κ2) is 5.39. The lowest BCUT2D eigenvalue weighted by Gasteiger charge is -2.08. The molecule has 0 saturated carbocycles. The first-order valence-corrected chi connectivity index (χ1v) is 7.04. The van der Waals surface area contributed by atoms with Crippen LogP contribution in [0.15, 0.2) is 36.5 Å². The maximum atomic E-state index is 6.29. The van der Waals surface area contributed by atoms with Gasteiger partial charge in [-0.1, -0.05) is 29.3 Å². The number of anilines is 1. The number of rotatable bonds is 2. The van der Waals surface area contributed by atoms with E-state index in [0.29, 0.717) is 15.9 Å². The first kappa shape index (κ1) is 13.9. The lowest BCUT2D eigenvalue weighted by Crippen LogP contribution is -1.92. The molecule has 4 nitrogen and oxygen atoms in total. The summed E-state index contributed by atoms with van der Waals surface area (Å²) in [4.78, 5) is 4.29. The number of aromatic amines is 1. The fraction of sp³-hybridized carbons (Fsp3) is 0.0667. The summed E-state index contributed by atoms with van der Waals surface area (Å²) in [6.45, 7) is 1.93. The number of benzene rings is 1. The molecule has 0 saturated heterocycles. The number of hydrogen-bond donors (Lipinski definition) is 2. The van der Waals surface area contributed by atoms with E-state index in [2.05, 4.69) is 15.2 Å². The highest BCUT2D eigenvalue weighted by molar-refractivity contribution is 6.36. The summed E-state index contributed by atoms with van der Waals surface area (Å²) in [6, 6.07) is 9.12. The van der Waals surface area contributed by atoms with Gasteiger partial charge in [0.2, 0.25) is 0 Å². The van der Waals surface area contributed by atoms with Gasteiger partial charge in [0.05, 0.1) is 16.3 Å². The summed E-state index contributed by atoms with van der Waals surface area (Å²) in [5, 5.41) is 8.17. The molecule has 0 aliphatic carbocycles. The van der Waals surface area contributed by atoms with Crippen molar-refractivity contribution in [3.05, 3.63) is 52.3 Å². The third kappa shape index (κ3) is 2.48. The number of pyridine rings is 1. The highest BCUT2D eigenvalue weighted by Crippen LogP contribution is 2.39. The Morgan fingerprint density at radius 2 is 1.95 bits per heavy atom. The third-order valence-electron chi connectivity index (χ3n) is 3.27. The fourth-order valence-corrected chi connectivity index (χ4v) is 2.77. The second-order valence-corrected chi connectivity index (χ2v) is 5.46. The SMILES string of the molecule is Cc1ncccc1-c1[nH]nc(N)c1-c1ccc(Cl)cc1Cl. The van der Waals surface area contributed by atoms with E-state index in [1.54, 1.807) is 18.3 Å². The number of halogens is 2. The fourth-order valence-electron chi connectivity index (χ4n) is 2.26. The van der Waals surface area contributed by atoms with Crippen molar-refractivity contribution < 1.29 is 0 Å². The summed E-state index contributed by atoms with van der Waals surface area (Å²) in [5.41, 5.74) is 10.2. The molecule has 3 N–H and O–H groups in total. The van der Waals surface area contributed by atoms with Gasteiger partial charge in [-0.05, 0) is 31.2 Å². The van der Waals surface area contributed by atoms with Crippen LogP contribution in [0.25, 0.3) is 22.4 Å². The van der Waals surface area contributed by atoms with Gasteiger partial charge < -0.3 is 5.73 Å². The Bertz CT molecular complexity index is 811. The van der Waals surface area contributed by atoms with Gasteiger partial charge in [0.1, 0.15) is 0 Å². The van der Waals surface area contributed by atoms with Gasteiger partial charge in [0, 0.05) is 28.0 Å². The largest absolute Gasteiger partial charge is 0.382 e. The van der Waals surface area contributed by atoms with Crippen LogP contribution in [-0.2, 0) is 0 Å². The van der Waals surface area contributed by atoms with Crippen LogP contribution >= 0.6 is 23.2 Å². The molecule has 0 aliphatic rings. The van der Waals surface area contributed by atoms with Crippen LogP contribution < -0.4 is 5.73 Å². The highest BCUT2D eigenvalue weighted by atomic mass is 35.5. The molecule has 0 atom stereocenters. The zero-order valence-corrected chi connectivity index (χ0v) is 12.7. The summed E-state index contributed by atoms with van der Waals surface area (Å²) in [6.07, 6.45) is 1.74. The smallest absolute Gasteiger partial charge is 0.153 e. The number of hydrogen-bond acceptors (Lipinski definition) is 3. The van der Waals surface area contributed by atoms with E-state index in [-0.39, 0.29) is 0 Å². The van der Waals surface area contributed by atoms with E-state index >= 15 is 0 Å². The Kier molecular flexibility index (Phi) is 3.57. The molecule has 0 bridgehead atoms. The molecular formula is C15H12Cl2N4. The van der Waals surface area contributed by atoms with Crippen molar-refractivity contribution in [2.75, 3.05) is 5.73 Å². The molecule has 106 valence electrons. The standard InChI is InChI=1S/C15H12Cl2N4/c1-8-10(3-2-6-19-8)14-13(15(18)21-20-14)11-5-4-9(16)7-12(11)17/h2-7H,1H3,(H3,18,20,21). The minimum absolute atomic E-state index is 0.387. The molecule has 0 fully saturated rings. The van der Waals surface area contributed by atoms with Crippen LogP contribution in [0.3, 0.4) is 0 Å². The lowest BCUT2D eigenvalue weighted by atomic mass is 10.00. The van der Waals surface area contributed by atoms with Crippen molar-refractivity contribution in [1.82, 2.24) is 15.2 Å². The molecule has 0 aliphatic heterocycles. The molecule has 21 heavy (non-hydrogen) atoms. The molecule has 2 heterocycles. The number of nitrogens with one attached hydrogen (secondary N) is 1. The van der Waals surface area contributed by atoms with E-state index in [1.165, 1.54) is 0 Å². The van der Waals surface area contributed by atoms with Crippen LogP contribution in [0.5, 0.6) is 0 Å². The molecule has 1 aromatic carbocycles. The van der Waals surface area contributed by atoms with Crippen molar-refractivity contribution in [2.24, 2.45) is 0 Å². The van der Waals surface area contributed by atoms with Crippen LogP contribution in [0.1, 0.15) is 5.69 Å². The van der Waals surface area contributed by atoms with E-state index < -0.39 is 0 Å². The van der Waals surface area contributed by atoms with Gasteiger partial charge >= 0.3 is 0 Å². The van der Waals surface area contributed by atoms with Crippen molar-refractivity contribution in [1.29, 1.82) is 0 Å². The van der Waals surface area contributed by atoms with Gasteiger partial charge in [-0.3, -0.25) is 10.1 Å². The van der Waals surface area contributed by atoms with Crippen molar-refractivity contribution in [3.63, 3.8) is 0 Å². The first-order chi connectivity index (χ1) is 10.1. The zero-order valence-electron chi connectivity index (χ0n) is 11.2. The number of aromatic nitrogens is 3. The molecule has 3 aromatic rings. The Balaban J connectivity index is 2.25. The number of nitrogens with two attached hydrogens (primary N) is 1. The molecule has 0 amide bonds. The van der Waals surface area contributed by atoms with Gasteiger partial charge in [-0.25, -0.2) is 0 Å². The Hall–Kier alpha value is -2.04. The minimum Gasteiger partial charge on any atom is -0.382 e. The van der Waals surface area contributed by atoms with Crippen LogP contribution in [-0.4, -0.2) is 15.2 Å². The Morgan fingerprint density at radius 1 is 1.14 bits per heavy atom. The summed E-state index contributed by atoms with van der Waals surface area (Å²) >= 11 is 12.2. The van der Waals surface area contributed by atoms with Gasteiger partial charge in [0.15, 0.2) is 5.82 Å².